The quantitative estimate of drug-likeness (QED) is 0.789. The van der Waals surface area contributed by atoms with Crippen LogP contribution in [-0.4, -0.2) is 72.9 Å². The van der Waals surface area contributed by atoms with Crippen LogP contribution in [0.15, 0.2) is 0 Å². The van der Waals surface area contributed by atoms with Crippen molar-refractivity contribution in [2.75, 3.05) is 34.3 Å². The lowest BCUT2D eigenvalue weighted by Crippen LogP contribution is -2.48. The topological polar surface area (TPSA) is 53.0 Å². The molecule has 19 heavy (non-hydrogen) atoms. The number of likely N-dealkylation sites (tertiary alicyclic amines) is 1. The van der Waals surface area contributed by atoms with Gasteiger partial charge in [0, 0.05) is 26.2 Å². The molecule has 1 saturated heterocycles. The molecule has 1 aliphatic carbocycles. The second-order valence-electron chi connectivity index (χ2n) is 6.27. The van der Waals surface area contributed by atoms with E-state index in [1.807, 2.05) is 19.0 Å². The molecule has 1 amide bonds. The van der Waals surface area contributed by atoms with E-state index in [9.17, 15) is 9.90 Å². The molecule has 1 aliphatic heterocycles. The van der Waals surface area contributed by atoms with Gasteiger partial charge in [-0.25, -0.2) is 0 Å². The molecule has 1 N–H and O–H groups in total. The number of ether oxygens (including phenoxy) is 1. The van der Waals surface area contributed by atoms with Crippen LogP contribution in [0.1, 0.15) is 32.1 Å². The monoisotopic (exact) mass is 270 g/mol. The van der Waals surface area contributed by atoms with E-state index in [1.54, 1.807) is 7.11 Å². The minimum Gasteiger partial charge on any atom is -0.391 e. The fraction of sp³-hybridized carbons (Fsp3) is 0.929. The van der Waals surface area contributed by atoms with Crippen LogP contribution in [0.4, 0.5) is 0 Å². The van der Waals surface area contributed by atoms with Crippen molar-refractivity contribution in [3.63, 3.8) is 0 Å². The molecule has 110 valence electrons. The Labute approximate surface area is 115 Å². The summed E-state index contributed by atoms with van der Waals surface area (Å²) in [5.74, 6) is 0.130. The SMILES string of the molecule is COC1(CC(=O)N2CC(O)CC2CN(C)C)CCC1. The zero-order valence-corrected chi connectivity index (χ0v) is 12.3. The molecule has 0 bridgehead atoms. The first-order chi connectivity index (χ1) is 8.96. The maximum Gasteiger partial charge on any atom is 0.225 e. The van der Waals surface area contributed by atoms with Crippen LogP contribution in [0.5, 0.6) is 0 Å². The summed E-state index contributed by atoms with van der Waals surface area (Å²) in [6.45, 7) is 1.28. The van der Waals surface area contributed by atoms with Gasteiger partial charge in [-0.3, -0.25) is 4.79 Å². The number of carbonyl (C=O) groups is 1. The predicted octanol–water partition coefficient (Wildman–Crippen LogP) is 0.469. The van der Waals surface area contributed by atoms with Crippen LogP contribution in [0.2, 0.25) is 0 Å². The molecule has 2 unspecified atom stereocenters. The number of hydrogen-bond donors (Lipinski definition) is 1. The van der Waals surface area contributed by atoms with Gasteiger partial charge in [0.25, 0.3) is 0 Å². The molecule has 0 aromatic rings. The minimum atomic E-state index is -0.381. The first kappa shape index (κ1) is 14.8. The van der Waals surface area contributed by atoms with E-state index in [4.69, 9.17) is 4.74 Å². The standard InChI is InChI=1S/C14H26N2O3/c1-15(2)9-11-7-12(17)10-16(11)13(18)8-14(19-3)5-4-6-14/h11-12,17H,4-10H2,1-3H3. The van der Waals surface area contributed by atoms with E-state index in [0.717, 1.165) is 25.8 Å². The number of aliphatic hydroxyl groups is 1. The number of β-amino-alcohol motifs (C(OH)–C–C–N with tert-alkyl or cyclic N) is 1. The first-order valence-electron chi connectivity index (χ1n) is 7.13. The molecule has 5 heteroatoms. The van der Waals surface area contributed by atoms with E-state index in [0.29, 0.717) is 19.4 Å². The van der Waals surface area contributed by atoms with Crippen LogP contribution in [0, 0.1) is 0 Å². The average molecular weight is 270 g/mol. The fourth-order valence-electron chi connectivity index (χ4n) is 3.19. The van der Waals surface area contributed by atoms with Crippen molar-refractivity contribution < 1.29 is 14.6 Å². The normalized spacial score (nSPS) is 29.6. The summed E-state index contributed by atoms with van der Waals surface area (Å²) in [5, 5.41) is 9.81. The van der Waals surface area contributed by atoms with Crippen LogP contribution in [0.3, 0.4) is 0 Å². The second-order valence-corrected chi connectivity index (χ2v) is 6.27. The Balaban J connectivity index is 1.96. The second kappa shape index (κ2) is 5.77. The Morgan fingerprint density at radius 1 is 1.47 bits per heavy atom. The number of aliphatic hydroxyl groups excluding tert-OH is 1. The minimum absolute atomic E-state index is 0.130. The zero-order valence-electron chi connectivity index (χ0n) is 12.3. The fourth-order valence-corrected chi connectivity index (χ4v) is 3.19. The Bertz CT molecular complexity index is 323. The van der Waals surface area contributed by atoms with Gasteiger partial charge in [-0.2, -0.15) is 0 Å². The number of nitrogens with zero attached hydrogens (tertiary/aromatic N) is 2. The number of methoxy groups -OCH3 is 1. The van der Waals surface area contributed by atoms with Gasteiger partial charge in [-0.15, -0.1) is 0 Å². The molecular formula is C14H26N2O3. The molecule has 2 rings (SSSR count). The lowest BCUT2D eigenvalue weighted by Gasteiger charge is -2.41. The van der Waals surface area contributed by atoms with E-state index in [-0.39, 0.29) is 23.7 Å². The van der Waals surface area contributed by atoms with Gasteiger partial charge < -0.3 is 19.6 Å². The summed E-state index contributed by atoms with van der Waals surface area (Å²) in [5.41, 5.74) is -0.229. The van der Waals surface area contributed by atoms with Gasteiger partial charge >= 0.3 is 0 Å². The number of rotatable bonds is 5. The van der Waals surface area contributed by atoms with Crippen molar-refractivity contribution in [1.29, 1.82) is 0 Å². The summed E-state index contributed by atoms with van der Waals surface area (Å²) in [4.78, 5) is 16.4. The number of carbonyl (C=O) groups excluding carboxylic acids is 1. The number of hydrogen-bond acceptors (Lipinski definition) is 4. The number of likely N-dealkylation sites (N-methyl/N-ethyl adjacent to an activating group) is 1. The highest BCUT2D eigenvalue weighted by Gasteiger charge is 2.42. The summed E-state index contributed by atoms with van der Waals surface area (Å²) >= 11 is 0. The van der Waals surface area contributed by atoms with Crippen molar-refractivity contribution in [1.82, 2.24) is 9.80 Å². The molecule has 0 spiro atoms. The van der Waals surface area contributed by atoms with E-state index in [2.05, 4.69) is 4.90 Å². The lowest BCUT2D eigenvalue weighted by molar-refractivity contribution is -0.145. The number of amides is 1. The van der Waals surface area contributed by atoms with Gasteiger partial charge in [0.2, 0.25) is 5.91 Å². The third kappa shape index (κ3) is 3.27. The Hall–Kier alpha value is -0.650. The molecule has 2 aliphatic rings. The molecule has 5 nitrogen and oxygen atoms in total. The van der Waals surface area contributed by atoms with E-state index < -0.39 is 0 Å². The molecule has 1 heterocycles. The molecule has 1 saturated carbocycles. The maximum absolute atomic E-state index is 12.5. The summed E-state index contributed by atoms with van der Waals surface area (Å²) in [6.07, 6.45) is 3.86. The third-order valence-corrected chi connectivity index (χ3v) is 4.46. The summed E-state index contributed by atoms with van der Waals surface area (Å²) < 4.78 is 5.53. The highest BCUT2D eigenvalue weighted by molar-refractivity contribution is 5.78. The average Bonchev–Trinajstić information content (AvgIpc) is 2.63. The van der Waals surface area contributed by atoms with Crippen LogP contribution >= 0.6 is 0 Å². The molecule has 0 aromatic carbocycles. The summed E-state index contributed by atoms with van der Waals surface area (Å²) in [7, 11) is 5.69. The molecule has 0 radical (unpaired) electrons. The molecule has 2 fully saturated rings. The van der Waals surface area contributed by atoms with Crippen molar-refractivity contribution in [2.45, 2.75) is 49.9 Å². The van der Waals surface area contributed by atoms with Crippen molar-refractivity contribution in [2.24, 2.45) is 0 Å². The van der Waals surface area contributed by atoms with Gasteiger partial charge in [0.1, 0.15) is 0 Å². The van der Waals surface area contributed by atoms with Gasteiger partial charge in [0.15, 0.2) is 0 Å². The van der Waals surface area contributed by atoms with Crippen molar-refractivity contribution in [3.05, 3.63) is 0 Å². The van der Waals surface area contributed by atoms with Gasteiger partial charge in [0.05, 0.1) is 18.1 Å². The van der Waals surface area contributed by atoms with Crippen LogP contribution in [-0.2, 0) is 9.53 Å². The van der Waals surface area contributed by atoms with Crippen LogP contribution in [0.25, 0.3) is 0 Å². The maximum atomic E-state index is 12.5. The van der Waals surface area contributed by atoms with E-state index >= 15 is 0 Å². The first-order valence-corrected chi connectivity index (χ1v) is 7.13. The van der Waals surface area contributed by atoms with E-state index in [1.165, 1.54) is 0 Å². The molecule has 0 aromatic heterocycles. The van der Waals surface area contributed by atoms with Gasteiger partial charge in [-0.05, 0) is 39.8 Å². The molecule has 2 atom stereocenters. The zero-order chi connectivity index (χ0) is 14.0. The largest absolute Gasteiger partial charge is 0.391 e. The highest BCUT2D eigenvalue weighted by atomic mass is 16.5. The summed E-state index contributed by atoms with van der Waals surface area (Å²) in [6, 6.07) is 0.131. The Morgan fingerprint density at radius 3 is 2.63 bits per heavy atom. The smallest absolute Gasteiger partial charge is 0.225 e. The Morgan fingerprint density at radius 2 is 2.16 bits per heavy atom. The third-order valence-electron chi connectivity index (χ3n) is 4.46. The predicted molar refractivity (Wildman–Crippen MR) is 72.9 cm³/mol. The highest BCUT2D eigenvalue weighted by Crippen LogP contribution is 2.39. The lowest BCUT2D eigenvalue weighted by atomic mass is 9.77. The van der Waals surface area contributed by atoms with Crippen molar-refractivity contribution >= 4 is 5.91 Å². The van der Waals surface area contributed by atoms with Gasteiger partial charge in [-0.1, -0.05) is 0 Å². The Kier molecular flexibility index (Phi) is 4.48. The van der Waals surface area contributed by atoms with Crippen LogP contribution < -0.4 is 0 Å². The van der Waals surface area contributed by atoms with Crippen molar-refractivity contribution in [3.8, 4) is 0 Å². The molecular weight excluding hydrogens is 244 g/mol.